The fraction of sp³-hybridized carbons (Fsp3) is 0.375. The zero-order valence-electron chi connectivity index (χ0n) is 12.1. The molecule has 0 unspecified atom stereocenters. The number of halogens is 1. The highest BCUT2D eigenvalue weighted by molar-refractivity contribution is 7.91. The first-order valence-electron chi connectivity index (χ1n) is 7.28. The van der Waals surface area contributed by atoms with Crippen LogP contribution in [0.2, 0.25) is 5.02 Å². The molecule has 22 heavy (non-hydrogen) atoms. The normalized spacial score (nSPS) is 15.4. The van der Waals surface area contributed by atoms with E-state index in [9.17, 15) is 8.42 Å². The first kappa shape index (κ1) is 16.0. The van der Waals surface area contributed by atoms with Gasteiger partial charge in [-0.25, -0.2) is 8.42 Å². The van der Waals surface area contributed by atoms with Gasteiger partial charge in [-0.2, -0.15) is 11.3 Å². The van der Waals surface area contributed by atoms with Gasteiger partial charge >= 0.3 is 0 Å². The number of benzene rings is 1. The Morgan fingerprint density at radius 2 is 1.91 bits per heavy atom. The Morgan fingerprint density at radius 3 is 2.50 bits per heavy atom. The number of hydrogen-bond donors (Lipinski definition) is 0. The summed E-state index contributed by atoms with van der Waals surface area (Å²) in [5.74, 6) is 0.148. The maximum atomic E-state index is 12.4. The third-order valence-electron chi connectivity index (χ3n) is 3.85. The van der Waals surface area contributed by atoms with Crippen LogP contribution in [0.25, 0.3) is 0 Å². The topological polar surface area (TPSA) is 37.4 Å². The minimum absolute atomic E-state index is 0.148. The zero-order valence-corrected chi connectivity index (χ0v) is 14.5. The first-order valence-corrected chi connectivity index (χ1v) is 10.3. The van der Waals surface area contributed by atoms with E-state index < -0.39 is 9.84 Å². The van der Waals surface area contributed by atoms with Crippen LogP contribution in [0.3, 0.4) is 0 Å². The summed E-state index contributed by atoms with van der Waals surface area (Å²) in [5, 5.41) is 4.74. The predicted octanol–water partition coefficient (Wildman–Crippen LogP) is 3.84. The fourth-order valence-corrected chi connectivity index (χ4v) is 4.49. The average molecular weight is 356 g/mol. The molecule has 2 aromatic rings. The summed E-state index contributed by atoms with van der Waals surface area (Å²) < 4.78 is 24.9. The quantitative estimate of drug-likeness (QED) is 0.757. The highest BCUT2D eigenvalue weighted by Gasteiger charge is 2.30. The van der Waals surface area contributed by atoms with E-state index in [2.05, 4.69) is 21.7 Å². The largest absolute Gasteiger partial charge is 0.295 e. The fourth-order valence-electron chi connectivity index (χ4n) is 2.44. The molecule has 1 aromatic heterocycles. The lowest BCUT2D eigenvalue weighted by molar-refractivity contribution is 0.270. The van der Waals surface area contributed by atoms with Gasteiger partial charge in [-0.1, -0.05) is 11.6 Å². The molecule has 3 nitrogen and oxygen atoms in total. The van der Waals surface area contributed by atoms with Crippen LogP contribution < -0.4 is 0 Å². The third-order valence-corrected chi connectivity index (χ3v) is 6.54. The van der Waals surface area contributed by atoms with Crippen LogP contribution in [-0.2, 0) is 16.4 Å². The van der Waals surface area contributed by atoms with Crippen LogP contribution in [-0.4, -0.2) is 31.7 Å². The summed E-state index contributed by atoms with van der Waals surface area (Å²) in [6.07, 6.45) is 2.34. The van der Waals surface area contributed by atoms with Crippen molar-refractivity contribution in [3.05, 3.63) is 51.7 Å². The van der Waals surface area contributed by atoms with Crippen molar-refractivity contribution in [2.24, 2.45) is 0 Å². The van der Waals surface area contributed by atoms with Crippen LogP contribution >= 0.6 is 22.9 Å². The maximum absolute atomic E-state index is 12.4. The van der Waals surface area contributed by atoms with Crippen molar-refractivity contribution >= 4 is 32.8 Å². The van der Waals surface area contributed by atoms with Crippen molar-refractivity contribution in [1.82, 2.24) is 4.90 Å². The molecule has 0 saturated heterocycles. The Labute approximate surface area is 140 Å². The Kier molecular flexibility index (Phi) is 4.88. The minimum Gasteiger partial charge on any atom is -0.295 e. The van der Waals surface area contributed by atoms with Gasteiger partial charge in [0.2, 0.25) is 0 Å². The second kappa shape index (κ2) is 6.71. The molecule has 3 rings (SSSR count). The van der Waals surface area contributed by atoms with Gasteiger partial charge in [0, 0.05) is 24.2 Å². The number of nitrogens with zero attached hydrogens (tertiary/aromatic N) is 1. The molecule has 0 spiro atoms. The predicted molar refractivity (Wildman–Crippen MR) is 91.3 cm³/mol. The zero-order chi connectivity index (χ0) is 15.6. The minimum atomic E-state index is -3.25. The van der Waals surface area contributed by atoms with Gasteiger partial charge < -0.3 is 0 Å². The van der Waals surface area contributed by atoms with Crippen LogP contribution in [0.1, 0.15) is 18.4 Å². The lowest BCUT2D eigenvalue weighted by atomic mass is 10.3. The van der Waals surface area contributed by atoms with E-state index in [0.717, 1.165) is 6.54 Å². The van der Waals surface area contributed by atoms with E-state index in [-0.39, 0.29) is 5.75 Å². The summed E-state index contributed by atoms with van der Waals surface area (Å²) in [6.45, 7) is 1.41. The lowest BCUT2D eigenvalue weighted by Gasteiger charge is -2.21. The molecule has 1 aliphatic carbocycles. The van der Waals surface area contributed by atoms with Crippen molar-refractivity contribution in [2.75, 3.05) is 12.3 Å². The smallest absolute Gasteiger partial charge is 0.179 e. The van der Waals surface area contributed by atoms with E-state index in [1.807, 2.05) is 0 Å². The third kappa shape index (κ3) is 4.10. The molecule has 0 amide bonds. The van der Waals surface area contributed by atoms with E-state index >= 15 is 0 Å². The molecule has 0 aliphatic heterocycles. The molecule has 1 heterocycles. The summed E-state index contributed by atoms with van der Waals surface area (Å²) in [4.78, 5) is 2.64. The summed E-state index contributed by atoms with van der Waals surface area (Å²) >= 11 is 7.49. The number of hydrogen-bond acceptors (Lipinski definition) is 4. The molecule has 0 N–H and O–H groups in total. The first-order chi connectivity index (χ1) is 10.5. The Bertz CT molecular complexity index is 707. The molecule has 118 valence electrons. The second-order valence-electron chi connectivity index (χ2n) is 5.61. The van der Waals surface area contributed by atoms with Crippen molar-refractivity contribution in [1.29, 1.82) is 0 Å². The molecule has 0 bridgehead atoms. The molecule has 1 aromatic carbocycles. The lowest BCUT2D eigenvalue weighted by Crippen LogP contribution is -2.30. The highest BCUT2D eigenvalue weighted by atomic mass is 35.5. The van der Waals surface area contributed by atoms with E-state index in [0.29, 0.717) is 22.5 Å². The monoisotopic (exact) mass is 355 g/mol. The molecular formula is C16H18ClNO2S2. The molecule has 0 radical (unpaired) electrons. The molecule has 1 saturated carbocycles. The van der Waals surface area contributed by atoms with E-state index in [4.69, 9.17) is 11.6 Å². The van der Waals surface area contributed by atoms with Crippen LogP contribution in [0.5, 0.6) is 0 Å². The number of thiophene rings is 1. The molecule has 1 aliphatic rings. The van der Waals surface area contributed by atoms with Crippen molar-refractivity contribution in [2.45, 2.75) is 30.3 Å². The Hall–Kier alpha value is -0.880. The van der Waals surface area contributed by atoms with E-state index in [1.54, 1.807) is 35.6 Å². The van der Waals surface area contributed by atoms with Crippen molar-refractivity contribution < 1.29 is 8.42 Å². The van der Waals surface area contributed by atoms with Crippen LogP contribution in [0, 0.1) is 0 Å². The highest BCUT2D eigenvalue weighted by Crippen LogP contribution is 2.29. The summed E-state index contributed by atoms with van der Waals surface area (Å²) in [7, 11) is -3.25. The number of sulfone groups is 1. The van der Waals surface area contributed by atoms with Crippen molar-refractivity contribution in [3.8, 4) is 0 Å². The molecular weight excluding hydrogens is 338 g/mol. The van der Waals surface area contributed by atoms with Gasteiger partial charge in [-0.15, -0.1) is 0 Å². The van der Waals surface area contributed by atoms with Gasteiger partial charge in [-0.3, -0.25) is 4.90 Å². The van der Waals surface area contributed by atoms with Crippen molar-refractivity contribution in [3.63, 3.8) is 0 Å². The van der Waals surface area contributed by atoms with Gasteiger partial charge in [0.1, 0.15) is 0 Å². The van der Waals surface area contributed by atoms with Gasteiger partial charge in [-0.05, 0) is 59.5 Å². The Morgan fingerprint density at radius 1 is 1.18 bits per heavy atom. The second-order valence-corrected chi connectivity index (χ2v) is 8.93. The van der Waals surface area contributed by atoms with Crippen LogP contribution in [0.4, 0.5) is 0 Å². The number of rotatable bonds is 7. The molecule has 0 atom stereocenters. The molecule has 6 heteroatoms. The average Bonchev–Trinajstić information content (AvgIpc) is 3.21. The standard InChI is InChI=1S/C16H18ClNO2S2/c17-14-1-5-16(6-2-14)22(19,20)10-8-18(15-3-4-15)11-13-7-9-21-12-13/h1-2,5-7,9,12,15H,3-4,8,10-11H2. The van der Waals surface area contributed by atoms with Crippen LogP contribution in [0.15, 0.2) is 46.0 Å². The summed E-state index contributed by atoms with van der Waals surface area (Å²) in [6, 6.07) is 9.06. The molecule has 1 fully saturated rings. The SMILES string of the molecule is O=S(=O)(CCN(Cc1ccsc1)C1CC1)c1ccc(Cl)cc1. The van der Waals surface area contributed by atoms with Gasteiger partial charge in [0.05, 0.1) is 10.6 Å². The Balaban J connectivity index is 1.65. The van der Waals surface area contributed by atoms with Gasteiger partial charge in [0.25, 0.3) is 0 Å². The summed E-state index contributed by atoms with van der Waals surface area (Å²) in [5.41, 5.74) is 1.26. The maximum Gasteiger partial charge on any atom is 0.179 e. The van der Waals surface area contributed by atoms with E-state index in [1.165, 1.54) is 18.4 Å². The van der Waals surface area contributed by atoms with Gasteiger partial charge in [0.15, 0.2) is 9.84 Å².